The third-order valence-electron chi connectivity index (χ3n) is 12.1. The number of carbonyl (C=O) groups is 2. The number of hydrogen-bond donors (Lipinski definition) is 1. The average Bonchev–Trinajstić information content (AvgIpc) is 3.81. The number of methoxy groups -OCH3 is 2. The van der Waals surface area contributed by atoms with Crippen molar-refractivity contribution in [3.63, 3.8) is 0 Å². The molecule has 3 heterocycles. The van der Waals surface area contributed by atoms with Crippen LogP contribution in [0.5, 0.6) is 11.5 Å². The Bertz CT molecular complexity index is 2570. The molecule has 5 aromatic rings. The highest BCUT2D eigenvalue weighted by atomic mass is 31.2. The fourth-order valence-corrected chi connectivity index (χ4v) is 11.2. The van der Waals surface area contributed by atoms with E-state index in [4.69, 9.17) is 32.9 Å². The molecular formula is C52H60N5O10P. The number of rotatable bonds is 20. The molecule has 4 aromatic carbocycles. The van der Waals surface area contributed by atoms with Crippen LogP contribution in [0, 0.1) is 18.3 Å². The molecule has 16 heteroatoms. The Labute approximate surface area is 399 Å². The fraction of sp³-hybridized carbons (Fsp3) is 0.404. The normalized spacial score (nSPS) is 19.5. The van der Waals surface area contributed by atoms with Crippen LogP contribution >= 0.6 is 8.30 Å². The summed E-state index contributed by atoms with van der Waals surface area (Å²) in [5.74, 6) is 0.486. The number of esters is 1. The van der Waals surface area contributed by atoms with Gasteiger partial charge in [0, 0.05) is 29.4 Å². The summed E-state index contributed by atoms with van der Waals surface area (Å²) in [5, 5.41) is 12.2. The Morgan fingerprint density at radius 2 is 1.46 bits per heavy atom. The quantitative estimate of drug-likeness (QED) is 0.0447. The first-order valence-electron chi connectivity index (χ1n) is 22.6. The summed E-state index contributed by atoms with van der Waals surface area (Å²) in [5.41, 5.74) is -1.08. The summed E-state index contributed by atoms with van der Waals surface area (Å²) in [4.78, 5) is 45.6. The van der Waals surface area contributed by atoms with E-state index >= 15 is 0 Å². The summed E-state index contributed by atoms with van der Waals surface area (Å²) in [6.45, 7) is 13.2. The molecule has 2 saturated heterocycles. The van der Waals surface area contributed by atoms with Crippen LogP contribution < -0.4 is 20.5 Å². The predicted molar refractivity (Wildman–Crippen MR) is 258 cm³/mol. The molecule has 1 amide bonds. The number of aryl methyl sites for hydroxylation is 1. The highest BCUT2D eigenvalue weighted by molar-refractivity contribution is 7.51. The lowest BCUT2D eigenvalue weighted by Gasteiger charge is -2.42. The molecule has 2 bridgehead atoms. The van der Waals surface area contributed by atoms with E-state index in [9.17, 15) is 19.6 Å². The SMILES string of the molecule is COc1ccc(C(OC[C@]23COC(C2OP(CC(=O)OC(C)(C)CC#N)N(C(C)C)C(C)C)[C@H](n2cc(C)c(NC(=O)c4ccccc4)nc2=O)O3)(c2ccccc2)c2ccc(OC)cc2)cc1. The van der Waals surface area contributed by atoms with Gasteiger partial charge in [0.2, 0.25) is 0 Å². The minimum Gasteiger partial charge on any atom is -0.497 e. The molecule has 0 spiro atoms. The Morgan fingerprint density at radius 1 is 0.897 bits per heavy atom. The largest absolute Gasteiger partial charge is 0.497 e. The van der Waals surface area contributed by atoms with Gasteiger partial charge in [-0.15, -0.1) is 0 Å². The van der Waals surface area contributed by atoms with Crippen LogP contribution in [-0.4, -0.2) is 95.2 Å². The van der Waals surface area contributed by atoms with Gasteiger partial charge < -0.3 is 38.3 Å². The molecule has 5 atom stereocenters. The van der Waals surface area contributed by atoms with Gasteiger partial charge in [0.1, 0.15) is 60.8 Å². The molecule has 7 rings (SSSR count). The van der Waals surface area contributed by atoms with Crippen molar-refractivity contribution in [2.24, 2.45) is 0 Å². The van der Waals surface area contributed by atoms with Crippen molar-refractivity contribution >= 4 is 26.0 Å². The van der Waals surface area contributed by atoms with Gasteiger partial charge in [0.25, 0.3) is 5.91 Å². The van der Waals surface area contributed by atoms with E-state index in [-0.39, 0.29) is 43.7 Å². The second kappa shape index (κ2) is 21.1. The molecule has 15 nitrogen and oxygen atoms in total. The molecule has 2 fully saturated rings. The van der Waals surface area contributed by atoms with Crippen molar-refractivity contribution in [3.8, 4) is 17.6 Å². The maximum Gasteiger partial charge on any atom is 0.351 e. The minimum absolute atomic E-state index is 0.00654. The van der Waals surface area contributed by atoms with E-state index in [1.54, 1.807) is 65.5 Å². The summed E-state index contributed by atoms with van der Waals surface area (Å²) in [7, 11) is 1.42. The molecule has 0 radical (unpaired) electrons. The number of amides is 1. The second-order valence-electron chi connectivity index (χ2n) is 18.1. The van der Waals surface area contributed by atoms with Crippen molar-refractivity contribution in [3.05, 3.63) is 154 Å². The van der Waals surface area contributed by atoms with E-state index in [1.807, 2.05) is 113 Å². The van der Waals surface area contributed by atoms with E-state index in [2.05, 4.69) is 21.0 Å². The highest BCUT2D eigenvalue weighted by Crippen LogP contribution is 2.56. The molecule has 2 aliphatic rings. The molecule has 358 valence electrons. The summed E-state index contributed by atoms with van der Waals surface area (Å²) in [6, 6.07) is 35.8. The molecule has 0 aliphatic carbocycles. The van der Waals surface area contributed by atoms with Crippen LogP contribution in [0.3, 0.4) is 0 Å². The van der Waals surface area contributed by atoms with Crippen LogP contribution in [-0.2, 0) is 33.9 Å². The van der Waals surface area contributed by atoms with Gasteiger partial charge in [-0.3, -0.25) is 18.8 Å². The zero-order valence-corrected chi connectivity index (χ0v) is 40.9. The zero-order valence-electron chi connectivity index (χ0n) is 40.0. The molecule has 68 heavy (non-hydrogen) atoms. The maximum absolute atomic E-state index is 14.2. The number of carbonyl (C=O) groups excluding carboxylic acids is 2. The third-order valence-corrected chi connectivity index (χ3v) is 14.5. The first kappa shape index (κ1) is 49.9. The van der Waals surface area contributed by atoms with E-state index in [0.717, 1.165) is 16.7 Å². The summed E-state index contributed by atoms with van der Waals surface area (Å²) < 4.78 is 49.1. The lowest BCUT2D eigenvalue weighted by molar-refractivity contribution is -0.203. The molecule has 0 saturated carbocycles. The summed E-state index contributed by atoms with van der Waals surface area (Å²) in [6.07, 6.45) is -1.42. The van der Waals surface area contributed by atoms with Gasteiger partial charge in [0.05, 0.1) is 39.9 Å². The smallest absolute Gasteiger partial charge is 0.351 e. The number of fused-ring (bicyclic) bond motifs is 2. The molecule has 1 aromatic heterocycles. The lowest BCUT2D eigenvalue weighted by atomic mass is 9.79. The fourth-order valence-electron chi connectivity index (χ4n) is 8.92. The highest BCUT2D eigenvalue weighted by Gasteiger charge is 2.65. The number of nitriles is 1. The van der Waals surface area contributed by atoms with E-state index in [1.165, 1.54) is 4.57 Å². The minimum atomic E-state index is -1.80. The lowest BCUT2D eigenvalue weighted by Crippen LogP contribution is -2.49. The van der Waals surface area contributed by atoms with Crippen LogP contribution in [0.1, 0.15) is 86.8 Å². The monoisotopic (exact) mass is 945 g/mol. The van der Waals surface area contributed by atoms with Crippen molar-refractivity contribution in [1.82, 2.24) is 14.2 Å². The van der Waals surface area contributed by atoms with Crippen molar-refractivity contribution in [1.29, 1.82) is 5.26 Å². The van der Waals surface area contributed by atoms with Gasteiger partial charge in [-0.25, -0.2) is 4.79 Å². The number of anilines is 1. The van der Waals surface area contributed by atoms with Gasteiger partial charge in [-0.1, -0.05) is 72.8 Å². The van der Waals surface area contributed by atoms with Crippen LogP contribution in [0.15, 0.2) is 120 Å². The van der Waals surface area contributed by atoms with Gasteiger partial charge in [-0.05, 0) is 102 Å². The molecular weight excluding hydrogens is 886 g/mol. The first-order chi connectivity index (χ1) is 32.5. The molecule has 1 N–H and O–H groups in total. The number of ether oxygens (including phenoxy) is 6. The average molecular weight is 946 g/mol. The number of hydrogen-bond acceptors (Lipinski definition) is 13. The van der Waals surface area contributed by atoms with Crippen molar-refractivity contribution in [2.75, 3.05) is 38.9 Å². The third kappa shape index (κ3) is 10.5. The van der Waals surface area contributed by atoms with Crippen LogP contribution in [0.2, 0.25) is 0 Å². The zero-order chi connectivity index (χ0) is 48.8. The number of nitrogens with zero attached hydrogens (tertiary/aromatic N) is 4. The Balaban J connectivity index is 1.34. The number of nitrogens with one attached hydrogen (secondary N) is 1. The number of aromatic nitrogens is 2. The van der Waals surface area contributed by atoms with E-state index in [0.29, 0.717) is 22.6 Å². The van der Waals surface area contributed by atoms with E-state index < -0.39 is 61.1 Å². The molecule has 3 unspecified atom stereocenters. The van der Waals surface area contributed by atoms with Crippen molar-refractivity contribution in [2.45, 2.75) is 102 Å². The molecule has 2 aliphatic heterocycles. The van der Waals surface area contributed by atoms with Crippen LogP contribution in [0.25, 0.3) is 0 Å². The topological polar surface area (TPSA) is 173 Å². The Morgan fingerprint density at radius 3 is 2.00 bits per heavy atom. The Kier molecular flexibility index (Phi) is 15.5. The van der Waals surface area contributed by atoms with Gasteiger partial charge in [-0.2, -0.15) is 10.2 Å². The van der Waals surface area contributed by atoms with Crippen LogP contribution in [0.4, 0.5) is 5.82 Å². The summed E-state index contributed by atoms with van der Waals surface area (Å²) >= 11 is 0. The number of benzene rings is 4. The van der Waals surface area contributed by atoms with Crippen molar-refractivity contribution < 1.29 is 42.5 Å². The first-order valence-corrected chi connectivity index (χ1v) is 24.0. The Hall–Kier alpha value is -5.98. The standard InChI is InChI=1S/C52H60N5O10P/c1-34(2)57(35(3)4)68(31-43(58)65-50(6,7)28-29-53)67-45-44-48(56-30-36(5)46(55-49(56)60)54-47(59)37-16-12-10-13-17-37)66-51(45,32-63-44)33-64-52(38-18-14-11-15-19-38,39-20-24-41(61-8)25-21-39)40-22-26-42(62-9)27-23-40/h10-27,30,34-35,44-45,48H,28,31-33H2,1-9H3,(H,54,55,59,60)/t44?,45?,48-,51-,68?/m1/s1. The maximum atomic E-state index is 14.2. The second-order valence-corrected chi connectivity index (χ2v) is 19.8. The predicted octanol–water partition coefficient (Wildman–Crippen LogP) is 8.55. The van der Waals surface area contributed by atoms with Gasteiger partial charge in [0.15, 0.2) is 6.23 Å². The van der Waals surface area contributed by atoms with Gasteiger partial charge >= 0.3 is 11.7 Å².